The molecule has 0 unspecified atom stereocenters. The fourth-order valence-electron chi connectivity index (χ4n) is 3.00. The molecule has 0 atom stereocenters. The maximum Gasteiger partial charge on any atom is 0.258 e. The van der Waals surface area contributed by atoms with Crippen LogP contribution in [0.25, 0.3) is 11.1 Å². The minimum absolute atomic E-state index is 0.0229. The molecule has 5 heteroatoms. The highest BCUT2D eigenvalue weighted by molar-refractivity contribution is 5.85. The van der Waals surface area contributed by atoms with Gasteiger partial charge in [0.15, 0.2) is 6.61 Å². The molecule has 1 saturated heterocycles. The van der Waals surface area contributed by atoms with Crippen LogP contribution in [0.2, 0.25) is 0 Å². The molecule has 5 nitrogen and oxygen atoms in total. The van der Waals surface area contributed by atoms with Crippen LogP contribution in [0.1, 0.15) is 19.3 Å². The van der Waals surface area contributed by atoms with Gasteiger partial charge in [0.05, 0.1) is 6.54 Å². The number of rotatable bonds is 6. The SMILES string of the molecule is O=C(COc1ccc(-c2ccccc2)cc1)NCC(=O)N1CCCCC1. The molecule has 0 aromatic heterocycles. The van der Waals surface area contributed by atoms with Gasteiger partial charge in [-0.1, -0.05) is 42.5 Å². The number of benzene rings is 2. The van der Waals surface area contributed by atoms with Gasteiger partial charge >= 0.3 is 0 Å². The normalized spacial score (nSPS) is 13.9. The number of nitrogens with zero attached hydrogens (tertiary/aromatic N) is 1. The number of hydrogen-bond acceptors (Lipinski definition) is 3. The van der Waals surface area contributed by atoms with Crippen molar-refractivity contribution in [1.82, 2.24) is 10.2 Å². The Bertz CT molecular complexity index is 723. The van der Waals surface area contributed by atoms with Crippen molar-refractivity contribution in [3.8, 4) is 16.9 Å². The molecule has 0 saturated carbocycles. The van der Waals surface area contributed by atoms with E-state index in [1.807, 2.05) is 59.5 Å². The van der Waals surface area contributed by atoms with Crippen molar-refractivity contribution in [2.24, 2.45) is 0 Å². The predicted octanol–water partition coefficient (Wildman–Crippen LogP) is 2.86. The molecule has 2 amide bonds. The Balaban J connectivity index is 1.42. The van der Waals surface area contributed by atoms with Crippen LogP contribution >= 0.6 is 0 Å². The van der Waals surface area contributed by atoms with Crippen molar-refractivity contribution in [3.63, 3.8) is 0 Å². The van der Waals surface area contributed by atoms with Crippen LogP contribution in [0.4, 0.5) is 0 Å². The number of carbonyl (C=O) groups is 2. The van der Waals surface area contributed by atoms with Crippen molar-refractivity contribution in [3.05, 3.63) is 54.6 Å². The number of amides is 2. The van der Waals surface area contributed by atoms with Crippen molar-refractivity contribution in [2.45, 2.75) is 19.3 Å². The monoisotopic (exact) mass is 352 g/mol. The van der Waals surface area contributed by atoms with Gasteiger partial charge in [0.25, 0.3) is 5.91 Å². The fraction of sp³-hybridized carbons (Fsp3) is 0.333. The Kier molecular flexibility index (Phi) is 6.25. The van der Waals surface area contributed by atoms with Gasteiger partial charge in [-0.15, -0.1) is 0 Å². The molecule has 1 aliphatic rings. The summed E-state index contributed by atoms with van der Waals surface area (Å²) in [4.78, 5) is 25.7. The van der Waals surface area contributed by atoms with E-state index in [4.69, 9.17) is 4.74 Å². The van der Waals surface area contributed by atoms with E-state index in [9.17, 15) is 9.59 Å². The van der Waals surface area contributed by atoms with E-state index in [-0.39, 0.29) is 25.0 Å². The van der Waals surface area contributed by atoms with Crippen molar-refractivity contribution in [1.29, 1.82) is 0 Å². The average Bonchev–Trinajstić information content (AvgIpc) is 2.72. The van der Waals surface area contributed by atoms with E-state index < -0.39 is 0 Å². The fourth-order valence-corrected chi connectivity index (χ4v) is 3.00. The van der Waals surface area contributed by atoms with E-state index in [1.54, 1.807) is 0 Å². The summed E-state index contributed by atoms with van der Waals surface area (Å²) in [6, 6.07) is 17.7. The standard InChI is InChI=1S/C21H24N2O3/c24-20(22-15-21(25)23-13-5-2-6-14-23)16-26-19-11-9-18(10-12-19)17-7-3-1-4-8-17/h1,3-4,7-12H,2,5-6,13-16H2,(H,22,24). The molecule has 3 rings (SSSR count). The minimum atomic E-state index is -0.289. The smallest absolute Gasteiger partial charge is 0.258 e. The first-order chi connectivity index (χ1) is 12.7. The molecule has 1 fully saturated rings. The third kappa shape index (κ3) is 5.09. The van der Waals surface area contributed by atoms with Gasteiger partial charge in [0.2, 0.25) is 5.91 Å². The minimum Gasteiger partial charge on any atom is -0.484 e. The number of piperidine rings is 1. The predicted molar refractivity (Wildman–Crippen MR) is 101 cm³/mol. The molecule has 2 aromatic rings. The number of hydrogen-bond donors (Lipinski definition) is 1. The topological polar surface area (TPSA) is 58.6 Å². The Morgan fingerprint density at radius 3 is 2.23 bits per heavy atom. The number of nitrogens with one attached hydrogen (secondary N) is 1. The highest BCUT2D eigenvalue weighted by Gasteiger charge is 2.16. The molecule has 0 aliphatic carbocycles. The summed E-state index contributed by atoms with van der Waals surface area (Å²) in [5.41, 5.74) is 2.22. The first-order valence-electron chi connectivity index (χ1n) is 9.05. The lowest BCUT2D eigenvalue weighted by atomic mass is 10.1. The molecule has 0 bridgehead atoms. The number of carbonyl (C=O) groups excluding carboxylic acids is 2. The second kappa shape index (κ2) is 9.04. The summed E-state index contributed by atoms with van der Waals surface area (Å²) in [5, 5.41) is 2.63. The van der Waals surface area contributed by atoms with Crippen LogP contribution in [0.5, 0.6) is 5.75 Å². The number of likely N-dealkylation sites (tertiary alicyclic amines) is 1. The van der Waals surface area contributed by atoms with Crippen LogP contribution in [-0.4, -0.2) is 43.0 Å². The van der Waals surface area contributed by atoms with Crippen LogP contribution in [0.3, 0.4) is 0 Å². The lowest BCUT2D eigenvalue weighted by Crippen LogP contribution is -2.43. The Morgan fingerprint density at radius 2 is 1.54 bits per heavy atom. The summed E-state index contributed by atoms with van der Waals surface area (Å²) >= 11 is 0. The zero-order chi connectivity index (χ0) is 18.2. The van der Waals surface area contributed by atoms with E-state index in [0.29, 0.717) is 5.75 Å². The molecular formula is C21H24N2O3. The highest BCUT2D eigenvalue weighted by atomic mass is 16.5. The Morgan fingerprint density at radius 1 is 0.885 bits per heavy atom. The maximum atomic E-state index is 12.0. The van der Waals surface area contributed by atoms with E-state index >= 15 is 0 Å². The molecule has 1 aliphatic heterocycles. The van der Waals surface area contributed by atoms with Crippen molar-refractivity contribution >= 4 is 11.8 Å². The molecule has 0 spiro atoms. The van der Waals surface area contributed by atoms with Crippen LogP contribution in [0, 0.1) is 0 Å². The van der Waals surface area contributed by atoms with Gasteiger partial charge in [-0.2, -0.15) is 0 Å². The van der Waals surface area contributed by atoms with Crippen LogP contribution in [0.15, 0.2) is 54.6 Å². The van der Waals surface area contributed by atoms with Gasteiger partial charge in [-0.25, -0.2) is 0 Å². The summed E-state index contributed by atoms with van der Waals surface area (Å²) in [6.45, 7) is 1.52. The molecule has 0 radical (unpaired) electrons. The zero-order valence-corrected chi connectivity index (χ0v) is 14.8. The lowest BCUT2D eigenvalue weighted by molar-refractivity contribution is -0.134. The molecule has 2 aromatic carbocycles. The second-order valence-electron chi connectivity index (χ2n) is 6.40. The first-order valence-corrected chi connectivity index (χ1v) is 9.05. The molecule has 1 N–H and O–H groups in total. The average molecular weight is 352 g/mol. The van der Waals surface area contributed by atoms with E-state index in [0.717, 1.165) is 37.1 Å². The second-order valence-corrected chi connectivity index (χ2v) is 6.40. The van der Waals surface area contributed by atoms with Crippen molar-refractivity contribution < 1.29 is 14.3 Å². The Labute approximate surface area is 154 Å². The summed E-state index contributed by atoms with van der Waals surface area (Å²) < 4.78 is 5.50. The van der Waals surface area contributed by atoms with Gasteiger partial charge in [-0.05, 0) is 42.5 Å². The van der Waals surface area contributed by atoms with Gasteiger partial charge in [0.1, 0.15) is 5.75 Å². The van der Waals surface area contributed by atoms with E-state index in [1.165, 1.54) is 6.42 Å². The van der Waals surface area contributed by atoms with Gasteiger partial charge in [-0.3, -0.25) is 9.59 Å². The lowest BCUT2D eigenvalue weighted by Gasteiger charge is -2.26. The summed E-state index contributed by atoms with van der Waals surface area (Å²) in [6.07, 6.45) is 3.26. The Hall–Kier alpha value is -2.82. The largest absolute Gasteiger partial charge is 0.484 e. The number of ether oxygens (including phenoxy) is 1. The quantitative estimate of drug-likeness (QED) is 0.870. The first kappa shape index (κ1) is 18.0. The molecular weight excluding hydrogens is 328 g/mol. The van der Waals surface area contributed by atoms with Crippen LogP contribution in [-0.2, 0) is 9.59 Å². The molecule has 26 heavy (non-hydrogen) atoms. The zero-order valence-electron chi connectivity index (χ0n) is 14.8. The third-order valence-electron chi connectivity index (χ3n) is 4.48. The van der Waals surface area contributed by atoms with Crippen LogP contribution < -0.4 is 10.1 Å². The summed E-state index contributed by atoms with van der Waals surface area (Å²) in [7, 11) is 0. The molecule has 136 valence electrons. The molecule has 1 heterocycles. The third-order valence-corrected chi connectivity index (χ3v) is 4.48. The highest BCUT2D eigenvalue weighted by Crippen LogP contribution is 2.21. The van der Waals surface area contributed by atoms with Crippen molar-refractivity contribution in [2.75, 3.05) is 26.2 Å². The maximum absolute atomic E-state index is 12.0. The van der Waals surface area contributed by atoms with E-state index in [2.05, 4.69) is 5.32 Å². The summed E-state index contributed by atoms with van der Waals surface area (Å²) in [5.74, 6) is 0.315. The van der Waals surface area contributed by atoms with Gasteiger partial charge in [0, 0.05) is 13.1 Å². The van der Waals surface area contributed by atoms with Gasteiger partial charge < -0.3 is 15.0 Å².